The molecule has 0 spiro atoms. The van der Waals surface area contributed by atoms with Gasteiger partial charge in [0.1, 0.15) is 5.75 Å². The summed E-state index contributed by atoms with van der Waals surface area (Å²) in [4.78, 5) is 12.0. The highest BCUT2D eigenvalue weighted by molar-refractivity contribution is 6.33. The number of nitrogens with one attached hydrogen (secondary N) is 1. The van der Waals surface area contributed by atoms with E-state index in [1.54, 1.807) is 12.1 Å². The van der Waals surface area contributed by atoms with Crippen LogP contribution in [0, 0.1) is 0 Å². The molecule has 4 nitrogen and oxygen atoms in total. The maximum atomic E-state index is 12.7. The van der Waals surface area contributed by atoms with Gasteiger partial charge < -0.3 is 5.11 Å². The van der Waals surface area contributed by atoms with Gasteiger partial charge in [-0.25, -0.2) is 5.43 Å². The third-order valence-corrected chi connectivity index (χ3v) is 3.49. The molecule has 0 saturated carbocycles. The molecule has 2 rings (SSSR count). The molecule has 8 heteroatoms. The summed E-state index contributed by atoms with van der Waals surface area (Å²) in [6.07, 6.45) is -4.55. The molecule has 0 bridgehead atoms. The lowest BCUT2D eigenvalue weighted by atomic mass is 10.1. The van der Waals surface area contributed by atoms with Gasteiger partial charge in [0.05, 0.1) is 21.9 Å². The topological polar surface area (TPSA) is 61.7 Å². The number of alkyl halides is 3. The van der Waals surface area contributed by atoms with Crippen molar-refractivity contribution >= 4 is 23.2 Å². The first-order valence-corrected chi connectivity index (χ1v) is 7.07. The third-order valence-electron chi connectivity index (χ3n) is 3.16. The van der Waals surface area contributed by atoms with Crippen LogP contribution in [0.15, 0.2) is 47.6 Å². The zero-order valence-corrected chi connectivity index (χ0v) is 13.1. The van der Waals surface area contributed by atoms with E-state index in [9.17, 15) is 23.1 Å². The summed E-state index contributed by atoms with van der Waals surface area (Å²) in [6.45, 7) is 1.36. The van der Waals surface area contributed by atoms with Gasteiger partial charge in [0, 0.05) is 5.56 Å². The molecule has 0 unspecified atom stereocenters. The number of nitrogens with zero attached hydrogens (tertiary/aromatic N) is 1. The fraction of sp³-hybridized carbons (Fsp3) is 0.125. The molecule has 2 aromatic carbocycles. The van der Waals surface area contributed by atoms with Gasteiger partial charge in [-0.15, -0.1) is 0 Å². The number of hydrogen-bond donors (Lipinski definition) is 2. The van der Waals surface area contributed by atoms with Gasteiger partial charge in [0.15, 0.2) is 0 Å². The van der Waals surface area contributed by atoms with E-state index in [2.05, 4.69) is 10.5 Å². The Labute approximate surface area is 140 Å². The minimum atomic E-state index is -4.55. The Morgan fingerprint density at radius 3 is 2.46 bits per heavy atom. The zero-order chi connectivity index (χ0) is 17.9. The number of benzene rings is 2. The average molecular weight is 357 g/mol. The summed E-state index contributed by atoms with van der Waals surface area (Å²) >= 11 is 5.87. The largest absolute Gasteiger partial charge is 0.507 e. The molecule has 0 aliphatic carbocycles. The van der Waals surface area contributed by atoms with Crippen molar-refractivity contribution in [3.05, 3.63) is 64.2 Å². The first-order chi connectivity index (χ1) is 11.2. The van der Waals surface area contributed by atoms with Crippen LogP contribution < -0.4 is 5.43 Å². The quantitative estimate of drug-likeness (QED) is 0.639. The first kappa shape index (κ1) is 17.8. The molecule has 0 saturated heterocycles. The molecular weight excluding hydrogens is 345 g/mol. The Kier molecular flexibility index (Phi) is 5.14. The summed E-state index contributed by atoms with van der Waals surface area (Å²) in [5.41, 5.74) is 1.32. The molecule has 0 radical (unpaired) electrons. The molecule has 0 aliphatic rings. The highest BCUT2D eigenvalue weighted by atomic mass is 35.5. The summed E-state index contributed by atoms with van der Waals surface area (Å²) < 4.78 is 38.2. The van der Waals surface area contributed by atoms with Crippen LogP contribution in [0.3, 0.4) is 0 Å². The van der Waals surface area contributed by atoms with Crippen molar-refractivity contribution in [1.82, 2.24) is 5.43 Å². The van der Waals surface area contributed by atoms with E-state index in [0.717, 1.165) is 18.2 Å². The van der Waals surface area contributed by atoms with Crippen molar-refractivity contribution < 1.29 is 23.1 Å². The molecule has 126 valence electrons. The number of amides is 1. The van der Waals surface area contributed by atoms with Crippen LogP contribution in [0.25, 0.3) is 0 Å². The molecule has 24 heavy (non-hydrogen) atoms. The number of carbonyl (C=O) groups excluding carboxylic acids is 1. The average Bonchev–Trinajstić information content (AvgIpc) is 2.52. The second kappa shape index (κ2) is 6.92. The second-order valence-corrected chi connectivity index (χ2v) is 5.25. The maximum Gasteiger partial charge on any atom is 0.416 e. The maximum absolute atomic E-state index is 12.7. The van der Waals surface area contributed by atoms with Gasteiger partial charge in [-0.3, -0.25) is 4.79 Å². The van der Waals surface area contributed by atoms with E-state index >= 15 is 0 Å². The Bertz CT molecular complexity index is 804. The smallest absolute Gasteiger partial charge is 0.416 e. The SMILES string of the molecule is C/C(=N\NC(=O)c1ccccc1Cl)c1cc(C(F)(F)F)ccc1O. The number of phenolic OH excluding ortho intramolecular Hbond substituents is 1. The normalized spacial score (nSPS) is 12.1. The Hall–Kier alpha value is -2.54. The molecule has 0 aliphatic heterocycles. The van der Waals surface area contributed by atoms with Crippen molar-refractivity contribution in [3.63, 3.8) is 0 Å². The lowest BCUT2D eigenvalue weighted by Crippen LogP contribution is -2.20. The van der Waals surface area contributed by atoms with Crippen molar-refractivity contribution in [2.75, 3.05) is 0 Å². The number of carbonyl (C=O) groups is 1. The fourth-order valence-electron chi connectivity index (χ4n) is 1.90. The Balaban J connectivity index is 2.25. The fourth-order valence-corrected chi connectivity index (χ4v) is 2.12. The van der Waals surface area contributed by atoms with E-state index < -0.39 is 17.6 Å². The molecule has 1 amide bonds. The number of rotatable bonds is 3. The van der Waals surface area contributed by atoms with E-state index in [1.165, 1.54) is 19.1 Å². The van der Waals surface area contributed by atoms with Crippen molar-refractivity contribution in [2.24, 2.45) is 5.10 Å². The minimum absolute atomic E-state index is 0.0130. The first-order valence-electron chi connectivity index (χ1n) is 6.70. The number of hydrogen-bond acceptors (Lipinski definition) is 3. The molecule has 0 heterocycles. The molecule has 2 N–H and O–H groups in total. The Morgan fingerprint density at radius 1 is 1.17 bits per heavy atom. The molecular formula is C16H12ClF3N2O2. The van der Waals surface area contributed by atoms with Crippen LogP contribution in [0.2, 0.25) is 5.02 Å². The van der Waals surface area contributed by atoms with Crippen LogP contribution in [0.4, 0.5) is 13.2 Å². The minimum Gasteiger partial charge on any atom is -0.507 e. The summed E-state index contributed by atoms with van der Waals surface area (Å²) in [6, 6.07) is 8.69. The van der Waals surface area contributed by atoms with E-state index in [0.29, 0.717) is 0 Å². The monoisotopic (exact) mass is 356 g/mol. The number of halogens is 4. The lowest BCUT2D eigenvalue weighted by Gasteiger charge is -2.10. The zero-order valence-electron chi connectivity index (χ0n) is 12.4. The lowest BCUT2D eigenvalue weighted by molar-refractivity contribution is -0.137. The number of phenols is 1. The van der Waals surface area contributed by atoms with Crippen LogP contribution in [0.1, 0.15) is 28.4 Å². The highest BCUT2D eigenvalue weighted by Crippen LogP contribution is 2.32. The van der Waals surface area contributed by atoms with Gasteiger partial charge in [0.25, 0.3) is 5.91 Å². The second-order valence-electron chi connectivity index (χ2n) is 4.85. The van der Waals surface area contributed by atoms with Crippen molar-refractivity contribution in [1.29, 1.82) is 0 Å². The summed E-state index contributed by atoms with van der Waals surface area (Å²) in [5, 5.41) is 13.7. The third kappa shape index (κ3) is 4.05. The molecule has 2 aromatic rings. The van der Waals surface area contributed by atoms with Gasteiger partial charge in [0.2, 0.25) is 0 Å². The predicted octanol–water partition coefficient (Wildman–Crippen LogP) is 4.22. The van der Waals surface area contributed by atoms with Gasteiger partial charge in [-0.1, -0.05) is 23.7 Å². The van der Waals surface area contributed by atoms with Crippen LogP contribution >= 0.6 is 11.6 Å². The van der Waals surface area contributed by atoms with Crippen LogP contribution in [-0.2, 0) is 6.18 Å². The van der Waals surface area contributed by atoms with Crippen LogP contribution in [-0.4, -0.2) is 16.7 Å². The summed E-state index contributed by atoms with van der Waals surface area (Å²) in [5.74, 6) is -0.998. The van der Waals surface area contributed by atoms with Gasteiger partial charge in [-0.05, 0) is 37.3 Å². The Morgan fingerprint density at radius 2 is 1.83 bits per heavy atom. The highest BCUT2D eigenvalue weighted by Gasteiger charge is 2.31. The van der Waals surface area contributed by atoms with E-state index in [1.807, 2.05) is 0 Å². The predicted molar refractivity (Wildman–Crippen MR) is 84.2 cm³/mol. The number of aromatic hydroxyl groups is 1. The van der Waals surface area contributed by atoms with E-state index in [4.69, 9.17) is 11.6 Å². The van der Waals surface area contributed by atoms with Crippen molar-refractivity contribution in [2.45, 2.75) is 13.1 Å². The van der Waals surface area contributed by atoms with Gasteiger partial charge >= 0.3 is 6.18 Å². The van der Waals surface area contributed by atoms with E-state index in [-0.39, 0.29) is 27.6 Å². The van der Waals surface area contributed by atoms with Gasteiger partial charge in [-0.2, -0.15) is 18.3 Å². The molecule has 0 fully saturated rings. The van der Waals surface area contributed by atoms with Crippen LogP contribution in [0.5, 0.6) is 5.75 Å². The molecule has 0 atom stereocenters. The standard InChI is InChI=1S/C16H12ClF3N2O2/c1-9(12-8-10(16(18,19)20)6-7-14(12)23)21-22-15(24)11-4-2-3-5-13(11)17/h2-8,23H,1H3,(H,22,24)/b21-9+. The summed E-state index contributed by atoms with van der Waals surface area (Å²) in [7, 11) is 0. The number of hydrazone groups is 1. The molecule has 0 aromatic heterocycles. The van der Waals surface area contributed by atoms with Crippen molar-refractivity contribution in [3.8, 4) is 5.75 Å².